The highest BCUT2D eigenvalue weighted by molar-refractivity contribution is 7.47. The summed E-state index contributed by atoms with van der Waals surface area (Å²) in [5, 5.41) is 10.6. The van der Waals surface area contributed by atoms with E-state index in [0.717, 1.165) is 115 Å². The lowest BCUT2D eigenvalue weighted by Gasteiger charge is -2.21. The first-order chi connectivity index (χ1) is 48.1. The summed E-state index contributed by atoms with van der Waals surface area (Å²) < 4.78 is 68.7. The highest BCUT2D eigenvalue weighted by atomic mass is 31.2. The number of ether oxygens (including phenoxy) is 4. The fourth-order valence-corrected chi connectivity index (χ4v) is 13.4. The van der Waals surface area contributed by atoms with E-state index in [2.05, 4.69) is 58.9 Å². The maximum Gasteiger partial charge on any atom is 0.472 e. The van der Waals surface area contributed by atoms with E-state index in [4.69, 9.17) is 37.0 Å². The van der Waals surface area contributed by atoms with Gasteiger partial charge in [0.15, 0.2) is 12.2 Å². The molecule has 0 rings (SSSR count). The van der Waals surface area contributed by atoms with Crippen LogP contribution in [0.5, 0.6) is 0 Å². The van der Waals surface area contributed by atoms with Crippen molar-refractivity contribution < 1.29 is 80.2 Å². The average Bonchev–Trinajstić information content (AvgIpc) is 1.02. The number of esters is 4. The van der Waals surface area contributed by atoms with Crippen LogP contribution in [0.15, 0.2) is 24.3 Å². The van der Waals surface area contributed by atoms with Crippen molar-refractivity contribution in [1.82, 2.24) is 0 Å². The molecule has 3 N–H and O–H groups in total. The summed E-state index contributed by atoms with van der Waals surface area (Å²) in [7, 11) is -9.93. The lowest BCUT2D eigenvalue weighted by atomic mass is 9.99. The highest BCUT2D eigenvalue weighted by Gasteiger charge is 2.30. The summed E-state index contributed by atoms with van der Waals surface area (Å²) in [5.41, 5.74) is 0. The molecular weight excluding hydrogens is 1290 g/mol. The van der Waals surface area contributed by atoms with Crippen molar-refractivity contribution >= 4 is 39.5 Å². The molecule has 0 heterocycles. The van der Waals surface area contributed by atoms with Gasteiger partial charge in [-0.25, -0.2) is 9.13 Å². The number of allylic oxidation sites excluding steroid dienone is 4. The number of rotatable bonds is 78. The molecule has 0 aromatic heterocycles. The van der Waals surface area contributed by atoms with E-state index in [1.54, 1.807) is 0 Å². The second-order valence-electron chi connectivity index (χ2n) is 28.4. The molecule has 0 aromatic rings. The summed E-state index contributed by atoms with van der Waals surface area (Å²) in [4.78, 5) is 73.0. The van der Waals surface area contributed by atoms with Gasteiger partial charge in [-0.2, -0.15) is 0 Å². The molecule has 0 spiro atoms. The minimum Gasteiger partial charge on any atom is -0.462 e. The third kappa shape index (κ3) is 72.3. The van der Waals surface area contributed by atoms with Crippen LogP contribution in [0.2, 0.25) is 0 Å². The number of phosphoric acid groups is 2. The first-order valence-electron chi connectivity index (χ1n) is 41.0. The van der Waals surface area contributed by atoms with Crippen LogP contribution < -0.4 is 0 Å². The molecule has 0 aromatic carbocycles. The van der Waals surface area contributed by atoms with Gasteiger partial charge in [-0.1, -0.05) is 348 Å². The molecule has 0 fully saturated rings. The van der Waals surface area contributed by atoms with Crippen LogP contribution in [-0.4, -0.2) is 96.7 Å². The third-order valence-electron chi connectivity index (χ3n) is 18.5. The van der Waals surface area contributed by atoms with E-state index in [1.165, 1.54) is 205 Å². The smallest absolute Gasteiger partial charge is 0.462 e. The van der Waals surface area contributed by atoms with E-state index in [0.29, 0.717) is 25.7 Å². The fraction of sp³-hybridized carbons (Fsp3) is 0.900. The fourth-order valence-electron chi connectivity index (χ4n) is 11.8. The molecule has 0 bridgehead atoms. The highest BCUT2D eigenvalue weighted by Crippen LogP contribution is 2.45. The summed E-state index contributed by atoms with van der Waals surface area (Å²) >= 11 is 0. The zero-order chi connectivity index (χ0) is 72.7. The van der Waals surface area contributed by atoms with Gasteiger partial charge >= 0.3 is 39.5 Å². The maximum atomic E-state index is 13.1. The number of carbonyl (C=O) groups is 4. The van der Waals surface area contributed by atoms with Crippen molar-refractivity contribution in [3.8, 4) is 0 Å². The van der Waals surface area contributed by atoms with Crippen LogP contribution in [-0.2, 0) is 65.4 Å². The van der Waals surface area contributed by atoms with Gasteiger partial charge in [0.05, 0.1) is 26.4 Å². The number of phosphoric ester groups is 2. The minimum absolute atomic E-state index is 0.101. The first kappa shape index (κ1) is 96.5. The molecule has 3 unspecified atom stereocenters. The molecular formula is C80H152O17P2. The number of hydrogen-bond acceptors (Lipinski definition) is 15. The Kier molecular flexibility index (Phi) is 70.7. The predicted molar refractivity (Wildman–Crippen MR) is 404 cm³/mol. The van der Waals surface area contributed by atoms with Gasteiger partial charge in [0.2, 0.25) is 0 Å². The van der Waals surface area contributed by atoms with Crippen LogP contribution in [0.4, 0.5) is 0 Å². The van der Waals surface area contributed by atoms with Crippen molar-refractivity contribution in [2.24, 2.45) is 5.92 Å². The van der Waals surface area contributed by atoms with E-state index in [1.807, 2.05) is 0 Å². The van der Waals surface area contributed by atoms with Gasteiger partial charge in [-0.05, 0) is 57.3 Å². The van der Waals surface area contributed by atoms with Crippen molar-refractivity contribution in [3.05, 3.63) is 24.3 Å². The van der Waals surface area contributed by atoms with Crippen LogP contribution in [0.25, 0.3) is 0 Å². The molecule has 17 nitrogen and oxygen atoms in total. The van der Waals surface area contributed by atoms with Gasteiger partial charge in [0.1, 0.15) is 19.3 Å². The third-order valence-corrected chi connectivity index (χ3v) is 20.4. The van der Waals surface area contributed by atoms with Gasteiger partial charge in [-0.3, -0.25) is 37.3 Å². The van der Waals surface area contributed by atoms with Crippen molar-refractivity contribution in [1.29, 1.82) is 0 Å². The molecule has 0 radical (unpaired) electrons. The number of unbranched alkanes of at least 4 members (excludes halogenated alkanes) is 46. The van der Waals surface area contributed by atoms with Crippen LogP contribution >= 0.6 is 15.6 Å². The van der Waals surface area contributed by atoms with Crippen LogP contribution in [0.3, 0.4) is 0 Å². The molecule has 0 saturated heterocycles. The Labute approximate surface area is 605 Å². The van der Waals surface area contributed by atoms with E-state index >= 15 is 0 Å². The van der Waals surface area contributed by atoms with Crippen molar-refractivity contribution in [2.45, 2.75) is 419 Å². The number of hydrogen-bond donors (Lipinski definition) is 3. The zero-order valence-corrected chi connectivity index (χ0v) is 65.9. The number of carbonyl (C=O) groups excluding carboxylic acids is 4. The lowest BCUT2D eigenvalue weighted by Crippen LogP contribution is -2.30. The first-order valence-corrected chi connectivity index (χ1v) is 44.0. The molecule has 19 heteroatoms. The zero-order valence-electron chi connectivity index (χ0n) is 64.1. The molecule has 0 aliphatic heterocycles. The van der Waals surface area contributed by atoms with Crippen molar-refractivity contribution in [3.63, 3.8) is 0 Å². The summed E-state index contributed by atoms with van der Waals surface area (Å²) in [6, 6.07) is 0. The monoisotopic (exact) mass is 1450 g/mol. The second kappa shape index (κ2) is 72.5. The average molecular weight is 1450 g/mol. The minimum atomic E-state index is -4.97. The second-order valence-corrected chi connectivity index (χ2v) is 31.3. The molecule has 584 valence electrons. The van der Waals surface area contributed by atoms with Crippen molar-refractivity contribution in [2.75, 3.05) is 39.6 Å². The number of aliphatic hydroxyl groups is 1. The summed E-state index contributed by atoms with van der Waals surface area (Å²) in [5.74, 6) is -1.29. The Hall–Kier alpha value is -2.46. The van der Waals surface area contributed by atoms with E-state index in [-0.39, 0.29) is 25.7 Å². The molecule has 0 aliphatic rings. The Morgan fingerprint density at radius 2 is 0.566 bits per heavy atom. The molecule has 99 heavy (non-hydrogen) atoms. The Balaban J connectivity index is 5.29. The van der Waals surface area contributed by atoms with E-state index < -0.39 is 97.5 Å². The van der Waals surface area contributed by atoms with Gasteiger partial charge < -0.3 is 33.8 Å². The summed E-state index contributed by atoms with van der Waals surface area (Å²) in [6.45, 7) is 7.31. The van der Waals surface area contributed by atoms with Crippen LogP contribution in [0.1, 0.15) is 401 Å². The van der Waals surface area contributed by atoms with Gasteiger partial charge in [0.25, 0.3) is 0 Å². The SMILES string of the molecule is CCCCCC/C=C\C=C/CCCCCCCC(=O)OC[C@H](COP(=O)(O)OC[C@@H](O)COP(=O)(O)OC[C@@H](COC(=O)CCCCCCCCCCCCCCC)OC(=O)CCCCCCCCCCCCCCC)OC(=O)CCCCCCCCCCCCCCCCC(C)CC. The van der Waals surface area contributed by atoms with Gasteiger partial charge in [0, 0.05) is 25.7 Å². The van der Waals surface area contributed by atoms with Gasteiger partial charge in [-0.15, -0.1) is 0 Å². The Morgan fingerprint density at radius 3 is 0.859 bits per heavy atom. The standard InChI is InChI=1S/C80H152O17P2/c1-6-10-13-16-19-22-25-28-29-35-39-44-49-54-59-64-78(83)91-70-76(97-80(85)66-61-56-51-46-41-36-31-30-34-37-42-47-52-57-62-73(5)9-4)72-95-99(88,89)93-68-74(81)67-92-98(86,87)94-71-75(96-79(84)65-60-55-50-45-40-33-27-24-21-18-15-12-8-3)69-90-77(82)63-58-53-48-43-38-32-26-23-20-17-14-11-7-2/h22,25,28-29,73-76,81H,6-21,23-24,26-27,30-72H2,1-5H3,(H,86,87)(H,88,89)/b25-22-,29-28-/t73?,74-,75+,76+/m0/s1. The normalized spacial score (nSPS) is 14.3. The Bertz CT molecular complexity index is 1990. The molecule has 6 atom stereocenters. The number of aliphatic hydroxyl groups excluding tert-OH is 1. The molecule has 0 amide bonds. The molecule has 0 aliphatic carbocycles. The van der Waals surface area contributed by atoms with Crippen LogP contribution in [0, 0.1) is 5.92 Å². The summed E-state index contributed by atoms with van der Waals surface area (Å²) in [6.07, 6.45) is 65.7. The quantitative estimate of drug-likeness (QED) is 0.0169. The molecule has 0 saturated carbocycles. The maximum absolute atomic E-state index is 13.1. The lowest BCUT2D eigenvalue weighted by molar-refractivity contribution is -0.161. The topological polar surface area (TPSA) is 237 Å². The van der Waals surface area contributed by atoms with E-state index in [9.17, 15) is 43.2 Å². The largest absolute Gasteiger partial charge is 0.472 e. The predicted octanol–water partition coefficient (Wildman–Crippen LogP) is 23.6. The Morgan fingerprint density at radius 1 is 0.323 bits per heavy atom.